The minimum Gasteiger partial charge on any atom is -0.303 e. The Bertz CT molecular complexity index is 260. The fourth-order valence-corrected chi connectivity index (χ4v) is 2.07. The van der Waals surface area contributed by atoms with Gasteiger partial charge in [0.05, 0.1) is 6.20 Å². The molecule has 0 saturated heterocycles. The van der Waals surface area contributed by atoms with Gasteiger partial charge in [-0.15, -0.1) is 0 Å². The van der Waals surface area contributed by atoms with Crippen LogP contribution in [0.4, 0.5) is 0 Å². The highest BCUT2D eigenvalue weighted by Gasteiger charge is 2.22. The van der Waals surface area contributed by atoms with Crippen LogP contribution in [-0.4, -0.2) is 16.5 Å². The number of nitrogens with zero attached hydrogens (tertiary/aromatic N) is 1. The van der Waals surface area contributed by atoms with Crippen LogP contribution in [0.1, 0.15) is 37.2 Å². The van der Waals surface area contributed by atoms with Crippen LogP contribution >= 0.6 is 0 Å². The summed E-state index contributed by atoms with van der Waals surface area (Å²) in [5, 5.41) is 6.77. The second-order valence-corrected chi connectivity index (χ2v) is 3.78. The van der Waals surface area contributed by atoms with Gasteiger partial charge in [-0.2, -0.15) is 5.10 Å². The Labute approximate surface area is 77.5 Å². The quantitative estimate of drug-likeness (QED) is 0.703. The van der Waals surface area contributed by atoms with E-state index in [4.69, 9.17) is 0 Å². The molecule has 3 nitrogen and oxygen atoms in total. The van der Waals surface area contributed by atoms with Crippen molar-refractivity contribution < 1.29 is 4.79 Å². The third-order valence-electron chi connectivity index (χ3n) is 2.96. The van der Waals surface area contributed by atoms with Crippen LogP contribution in [0.3, 0.4) is 0 Å². The highest BCUT2D eigenvalue weighted by atomic mass is 16.1. The van der Waals surface area contributed by atoms with Crippen molar-refractivity contribution in [2.24, 2.45) is 5.92 Å². The number of aldehydes is 1. The average Bonchev–Trinajstić information content (AvgIpc) is 2.71. The average molecular weight is 178 g/mol. The number of carbonyl (C=O) groups is 1. The van der Waals surface area contributed by atoms with Gasteiger partial charge in [0.25, 0.3) is 0 Å². The van der Waals surface area contributed by atoms with Crippen LogP contribution < -0.4 is 0 Å². The molecule has 13 heavy (non-hydrogen) atoms. The molecule has 0 unspecified atom stereocenters. The van der Waals surface area contributed by atoms with E-state index in [1.807, 2.05) is 12.4 Å². The molecule has 1 fully saturated rings. The molecule has 3 heteroatoms. The first-order valence-electron chi connectivity index (χ1n) is 4.84. The molecule has 0 radical (unpaired) electrons. The van der Waals surface area contributed by atoms with E-state index in [9.17, 15) is 4.79 Å². The fraction of sp³-hybridized carbons (Fsp3) is 0.600. The Morgan fingerprint density at radius 1 is 1.38 bits per heavy atom. The Morgan fingerprint density at radius 2 is 2.15 bits per heavy atom. The molecule has 0 bridgehead atoms. The molecule has 0 aromatic carbocycles. The predicted molar refractivity (Wildman–Crippen MR) is 49.4 cm³/mol. The zero-order chi connectivity index (χ0) is 9.10. The number of hydrogen-bond donors (Lipinski definition) is 1. The summed E-state index contributed by atoms with van der Waals surface area (Å²) < 4.78 is 0. The van der Waals surface area contributed by atoms with Crippen molar-refractivity contribution in [1.82, 2.24) is 10.2 Å². The zero-order valence-corrected chi connectivity index (χ0v) is 7.57. The Kier molecular flexibility index (Phi) is 2.43. The second kappa shape index (κ2) is 3.73. The lowest BCUT2D eigenvalue weighted by atomic mass is 9.80. The fourth-order valence-electron chi connectivity index (χ4n) is 2.07. The molecule has 1 aliphatic rings. The lowest BCUT2D eigenvalue weighted by molar-refractivity contribution is -0.111. The second-order valence-electron chi connectivity index (χ2n) is 3.78. The maximum absolute atomic E-state index is 10.5. The van der Waals surface area contributed by atoms with Crippen molar-refractivity contribution >= 4 is 6.29 Å². The lowest BCUT2D eigenvalue weighted by Gasteiger charge is -2.24. The third kappa shape index (κ3) is 1.79. The van der Waals surface area contributed by atoms with E-state index < -0.39 is 0 Å². The number of nitrogens with one attached hydrogen (secondary N) is 1. The van der Waals surface area contributed by atoms with Crippen LogP contribution in [0, 0.1) is 5.92 Å². The van der Waals surface area contributed by atoms with Gasteiger partial charge in [-0.3, -0.25) is 5.10 Å². The Morgan fingerprint density at radius 3 is 2.69 bits per heavy atom. The summed E-state index contributed by atoms with van der Waals surface area (Å²) in [6.45, 7) is 0. The topological polar surface area (TPSA) is 45.8 Å². The summed E-state index contributed by atoms with van der Waals surface area (Å²) in [7, 11) is 0. The zero-order valence-electron chi connectivity index (χ0n) is 7.57. The largest absolute Gasteiger partial charge is 0.303 e. The summed E-state index contributed by atoms with van der Waals surface area (Å²) in [6.07, 6.45) is 9.30. The molecule has 1 saturated carbocycles. The van der Waals surface area contributed by atoms with Crippen LogP contribution in [0.15, 0.2) is 12.4 Å². The van der Waals surface area contributed by atoms with E-state index in [-0.39, 0.29) is 0 Å². The van der Waals surface area contributed by atoms with Crippen molar-refractivity contribution in [2.75, 3.05) is 0 Å². The Balaban J connectivity index is 1.95. The number of aromatic nitrogens is 2. The minimum absolute atomic E-state index is 0.308. The first kappa shape index (κ1) is 8.48. The smallest absolute Gasteiger partial charge is 0.123 e. The van der Waals surface area contributed by atoms with Crippen LogP contribution in [0.2, 0.25) is 0 Å². The highest BCUT2D eigenvalue weighted by Crippen LogP contribution is 2.34. The molecule has 0 spiro atoms. The van der Waals surface area contributed by atoms with E-state index in [1.54, 1.807) is 0 Å². The van der Waals surface area contributed by atoms with Gasteiger partial charge < -0.3 is 4.79 Å². The van der Waals surface area contributed by atoms with Gasteiger partial charge in [0, 0.05) is 12.1 Å². The van der Waals surface area contributed by atoms with Crippen molar-refractivity contribution in [3.8, 4) is 0 Å². The highest BCUT2D eigenvalue weighted by molar-refractivity contribution is 5.53. The summed E-state index contributed by atoms with van der Waals surface area (Å²) in [5.74, 6) is 0.929. The molecule has 70 valence electrons. The normalized spacial score (nSPS) is 28.6. The molecule has 0 atom stereocenters. The first-order chi connectivity index (χ1) is 6.40. The summed E-state index contributed by atoms with van der Waals surface area (Å²) in [6, 6.07) is 0. The van der Waals surface area contributed by atoms with Crippen molar-refractivity contribution in [1.29, 1.82) is 0 Å². The molecular weight excluding hydrogens is 164 g/mol. The maximum Gasteiger partial charge on any atom is 0.123 e. The molecule has 2 rings (SSSR count). The van der Waals surface area contributed by atoms with E-state index in [1.165, 1.54) is 5.56 Å². The molecular formula is C10H14N2O. The molecule has 1 N–H and O–H groups in total. The van der Waals surface area contributed by atoms with E-state index >= 15 is 0 Å². The van der Waals surface area contributed by atoms with Crippen LogP contribution in [0.5, 0.6) is 0 Å². The lowest BCUT2D eigenvalue weighted by Crippen LogP contribution is -2.13. The van der Waals surface area contributed by atoms with E-state index in [0.717, 1.165) is 32.0 Å². The predicted octanol–water partition coefficient (Wildman–Crippen LogP) is 1.88. The molecule has 1 aromatic rings. The van der Waals surface area contributed by atoms with E-state index in [2.05, 4.69) is 10.2 Å². The van der Waals surface area contributed by atoms with Gasteiger partial charge >= 0.3 is 0 Å². The molecule has 1 aliphatic carbocycles. The summed E-state index contributed by atoms with van der Waals surface area (Å²) >= 11 is 0. The van der Waals surface area contributed by atoms with E-state index in [0.29, 0.717) is 11.8 Å². The maximum atomic E-state index is 10.5. The van der Waals surface area contributed by atoms with Gasteiger partial charge in [-0.1, -0.05) is 0 Å². The SMILES string of the molecule is O=CC1CCC(c2cn[nH]c2)CC1. The van der Waals surface area contributed by atoms with Crippen molar-refractivity contribution in [2.45, 2.75) is 31.6 Å². The minimum atomic E-state index is 0.308. The van der Waals surface area contributed by atoms with Gasteiger partial charge in [0.2, 0.25) is 0 Å². The number of hydrogen-bond acceptors (Lipinski definition) is 2. The Hall–Kier alpha value is -1.12. The van der Waals surface area contributed by atoms with Gasteiger partial charge in [-0.05, 0) is 37.2 Å². The summed E-state index contributed by atoms with van der Waals surface area (Å²) in [4.78, 5) is 10.5. The van der Waals surface area contributed by atoms with Crippen LogP contribution in [0.25, 0.3) is 0 Å². The van der Waals surface area contributed by atoms with Gasteiger partial charge in [0.15, 0.2) is 0 Å². The number of H-pyrrole nitrogens is 1. The molecule has 1 aromatic heterocycles. The van der Waals surface area contributed by atoms with Crippen molar-refractivity contribution in [3.05, 3.63) is 18.0 Å². The first-order valence-corrected chi connectivity index (χ1v) is 4.84. The number of carbonyl (C=O) groups excluding carboxylic acids is 1. The van der Waals surface area contributed by atoms with Gasteiger partial charge in [-0.25, -0.2) is 0 Å². The molecule has 1 heterocycles. The summed E-state index contributed by atoms with van der Waals surface area (Å²) in [5.41, 5.74) is 1.30. The number of aromatic amines is 1. The standard InChI is InChI=1S/C10H14N2O/c13-7-8-1-3-9(4-2-8)10-5-11-12-6-10/h5-9H,1-4H2,(H,11,12). The van der Waals surface area contributed by atoms with Crippen LogP contribution in [-0.2, 0) is 4.79 Å². The third-order valence-corrected chi connectivity index (χ3v) is 2.96. The monoisotopic (exact) mass is 178 g/mol. The molecule has 0 aliphatic heterocycles. The van der Waals surface area contributed by atoms with Crippen molar-refractivity contribution in [3.63, 3.8) is 0 Å². The van der Waals surface area contributed by atoms with Gasteiger partial charge in [0.1, 0.15) is 6.29 Å². The molecule has 0 amide bonds. The number of rotatable bonds is 2.